The maximum Gasteiger partial charge on any atom is 0.419 e. The van der Waals surface area contributed by atoms with Crippen LogP contribution in [0.25, 0.3) is 11.1 Å². The molecule has 1 atom stereocenters. The number of hydrogen-bond donors (Lipinski definition) is 0. The number of oxazole rings is 1. The van der Waals surface area contributed by atoms with E-state index >= 15 is 0 Å². The topological polar surface area (TPSA) is 92.8 Å². The number of aryl methyl sites for hydroxylation is 1. The van der Waals surface area contributed by atoms with Gasteiger partial charge in [-0.2, -0.15) is 4.31 Å². The third-order valence-corrected chi connectivity index (χ3v) is 8.09. The molecule has 0 aliphatic carbocycles. The number of hydrogen-bond acceptors (Lipinski definition) is 5. The minimum Gasteiger partial charge on any atom is -0.408 e. The third-order valence-electron chi connectivity index (χ3n) is 6.23. The highest BCUT2D eigenvalue weighted by atomic mass is 32.2. The molecule has 0 bridgehead atoms. The van der Waals surface area contributed by atoms with Gasteiger partial charge >= 0.3 is 5.76 Å². The van der Waals surface area contributed by atoms with Crippen molar-refractivity contribution in [3.8, 4) is 0 Å². The number of likely N-dealkylation sites (tertiary alicyclic amines) is 1. The summed E-state index contributed by atoms with van der Waals surface area (Å²) in [4.78, 5) is 26.6. The Bertz CT molecular complexity index is 1080. The van der Waals surface area contributed by atoms with Gasteiger partial charge in [-0.15, -0.1) is 0 Å². The predicted molar refractivity (Wildman–Crippen MR) is 108 cm³/mol. The minimum atomic E-state index is -3.77. The number of carbonyl (C=O) groups excluding carboxylic acids is 1. The number of fused-ring (bicyclic) bond motifs is 1. The molecule has 2 saturated heterocycles. The van der Waals surface area contributed by atoms with Crippen LogP contribution in [-0.4, -0.2) is 54.3 Å². The molecule has 9 heteroatoms. The van der Waals surface area contributed by atoms with Crippen LogP contribution in [0.4, 0.5) is 0 Å². The molecule has 4 rings (SSSR count). The van der Waals surface area contributed by atoms with E-state index < -0.39 is 15.8 Å². The molecular formula is C20H27N3O5S. The summed E-state index contributed by atoms with van der Waals surface area (Å²) in [5.74, 6) is -0.129. The molecule has 3 heterocycles. The predicted octanol–water partition coefficient (Wildman–Crippen LogP) is 1.79. The lowest BCUT2D eigenvalue weighted by Crippen LogP contribution is -2.48. The Labute approximate surface area is 170 Å². The lowest BCUT2D eigenvalue weighted by molar-refractivity contribution is -0.138. The van der Waals surface area contributed by atoms with Crippen LogP contribution in [0.15, 0.2) is 32.3 Å². The van der Waals surface area contributed by atoms with Crippen molar-refractivity contribution < 1.29 is 17.6 Å². The van der Waals surface area contributed by atoms with Gasteiger partial charge in [0.2, 0.25) is 15.9 Å². The van der Waals surface area contributed by atoms with Gasteiger partial charge in [-0.05, 0) is 43.7 Å². The summed E-state index contributed by atoms with van der Waals surface area (Å²) < 4.78 is 34.2. The van der Waals surface area contributed by atoms with Crippen molar-refractivity contribution in [3.63, 3.8) is 0 Å². The van der Waals surface area contributed by atoms with Gasteiger partial charge in [0.1, 0.15) is 0 Å². The molecule has 1 unspecified atom stereocenters. The van der Waals surface area contributed by atoms with Crippen molar-refractivity contribution in [2.24, 2.45) is 18.9 Å². The summed E-state index contributed by atoms with van der Waals surface area (Å²) in [6.07, 6.45) is 3.37. The summed E-state index contributed by atoms with van der Waals surface area (Å²) >= 11 is 0. The molecule has 1 aromatic carbocycles. The smallest absolute Gasteiger partial charge is 0.408 e. The fourth-order valence-electron chi connectivity index (χ4n) is 4.27. The average molecular weight is 422 g/mol. The van der Waals surface area contributed by atoms with Crippen LogP contribution < -0.4 is 5.76 Å². The first-order valence-electron chi connectivity index (χ1n) is 10.2. The van der Waals surface area contributed by atoms with Gasteiger partial charge in [-0.1, -0.05) is 6.92 Å². The Hall–Kier alpha value is -2.13. The fraction of sp³-hybridized carbons (Fsp3) is 0.600. The van der Waals surface area contributed by atoms with Gasteiger partial charge in [0.25, 0.3) is 0 Å². The van der Waals surface area contributed by atoms with E-state index in [0.717, 1.165) is 25.9 Å². The largest absolute Gasteiger partial charge is 0.419 e. The molecule has 2 fully saturated rings. The Morgan fingerprint density at radius 3 is 2.59 bits per heavy atom. The number of piperidine rings is 2. The Balaban J connectivity index is 1.54. The van der Waals surface area contributed by atoms with E-state index in [0.29, 0.717) is 30.8 Å². The zero-order valence-corrected chi connectivity index (χ0v) is 17.7. The van der Waals surface area contributed by atoms with Gasteiger partial charge in [-0.25, -0.2) is 13.2 Å². The average Bonchev–Trinajstić information content (AvgIpc) is 3.01. The lowest BCUT2D eigenvalue weighted by atomic mass is 9.94. The SMILES string of the molecule is CC1CCN(C(=O)C2CCCN(S(=O)(=O)c3ccc4c(c3)oc(=O)n4C)C2)CC1. The molecule has 0 saturated carbocycles. The van der Waals surface area contributed by atoms with Crippen molar-refractivity contribution in [2.75, 3.05) is 26.2 Å². The van der Waals surface area contributed by atoms with Crippen molar-refractivity contribution in [2.45, 2.75) is 37.5 Å². The number of aromatic nitrogens is 1. The van der Waals surface area contributed by atoms with Crippen molar-refractivity contribution >= 4 is 27.0 Å². The van der Waals surface area contributed by atoms with Crippen LogP contribution in [0.5, 0.6) is 0 Å². The molecule has 1 amide bonds. The normalized spacial score (nSPS) is 22.3. The van der Waals surface area contributed by atoms with Gasteiger partial charge in [-0.3, -0.25) is 9.36 Å². The zero-order valence-electron chi connectivity index (χ0n) is 16.8. The first-order chi connectivity index (χ1) is 13.8. The lowest BCUT2D eigenvalue weighted by Gasteiger charge is -2.36. The molecule has 2 aromatic rings. The minimum absolute atomic E-state index is 0.0707. The van der Waals surface area contributed by atoms with Crippen LogP contribution in [-0.2, 0) is 21.9 Å². The van der Waals surface area contributed by atoms with Gasteiger partial charge in [0.05, 0.1) is 16.3 Å². The van der Waals surface area contributed by atoms with E-state index in [1.54, 1.807) is 13.1 Å². The molecule has 2 aliphatic heterocycles. The first-order valence-corrected chi connectivity index (χ1v) is 11.6. The highest BCUT2D eigenvalue weighted by Crippen LogP contribution is 2.28. The summed E-state index contributed by atoms with van der Waals surface area (Å²) in [6.45, 7) is 4.30. The monoisotopic (exact) mass is 421 g/mol. The molecular weight excluding hydrogens is 394 g/mol. The second-order valence-corrected chi connectivity index (χ2v) is 10.2. The van der Waals surface area contributed by atoms with Crippen molar-refractivity contribution in [1.82, 2.24) is 13.8 Å². The molecule has 2 aliphatic rings. The zero-order chi connectivity index (χ0) is 20.8. The highest BCUT2D eigenvalue weighted by molar-refractivity contribution is 7.89. The highest BCUT2D eigenvalue weighted by Gasteiger charge is 2.36. The van der Waals surface area contributed by atoms with Crippen LogP contribution in [0.3, 0.4) is 0 Å². The molecule has 158 valence electrons. The van der Waals surface area contributed by atoms with Gasteiger partial charge in [0.15, 0.2) is 5.58 Å². The second-order valence-electron chi connectivity index (χ2n) is 8.27. The number of benzene rings is 1. The number of rotatable bonds is 3. The van der Waals surface area contributed by atoms with Crippen molar-refractivity contribution in [3.05, 3.63) is 28.7 Å². The fourth-order valence-corrected chi connectivity index (χ4v) is 5.81. The molecule has 0 radical (unpaired) electrons. The summed E-state index contributed by atoms with van der Waals surface area (Å²) in [5, 5.41) is 0. The maximum absolute atomic E-state index is 13.2. The molecule has 8 nitrogen and oxygen atoms in total. The molecule has 0 N–H and O–H groups in total. The molecule has 0 spiro atoms. The van der Waals surface area contributed by atoms with Crippen LogP contribution in [0, 0.1) is 11.8 Å². The van der Waals surface area contributed by atoms with E-state index in [4.69, 9.17) is 4.42 Å². The van der Waals surface area contributed by atoms with Gasteiger partial charge in [0, 0.05) is 39.3 Å². The van der Waals surface area contributed by atoms with Crippen LogP contribution in [0.2, 0.25) is 0 Å². The van der Waals surface area contributed by atoms with E-state index in [9.17, 15) is 18.0 Å². The van der Waals surface area contributed by atoms with E-state index in [1.165, 1.54) is 21.0 Å². The third kappa shape index (κ3) is 3.73. The molecule has 29 heavy (non-hydrogen) atoms. The Morgan fingerprint density at radius 1 is 1.14 bits per heavy atom. The number of carbonyl (C=O) groups is 1. The quantitative estimate of drug-likeness (QED) is 0.753. The maximum atomic E-state index is 13.2. The van der Waals surface area contributed by atoms with E-state index in [1.807, 2.05) is 4.90 Å². The van der Waals surface area contributed by atoms with Crippen molar-refractivity contribution in [1.29, 1.82) is 0 Å². The Kier molecular flexibility index (Phi) is 5.29. The van der Waals surface area contributed by atoms with E-state index in [-0.39, 0.29) is 28.8 Å². The summed E-state index contributed by atoms with van der Waals surface area (Å²) in [6, 6.07) is 4.46. The standard InChI is InChI=1S/C20H27N3O5S/c1-14-7-10-22(11-8-14)19(24)15-4-3-9-23(13-15)29(26,27)16-5-6-17-18(12-16)28-20(25)21(17)2/h5-6,12,14-15H,3-4,7-11,13H2,1-2H3. The van der Waals surface area contributed by atoms with E-state index in [2.05, 4.69) is 6.92 Å². The van der Waals surface area contributed by atoms with Crippen LogP contribution >= 0.6 is 0 Å². The number of sulfonamides is 1. The summed E-state index contributed by atoms with van der Waals surface area (Å²) in [7, 11) is -2.20. The van der Waals surface area contributed by atoms with Gasteiger partial charge < -0.3 is 9.32 Å². The summed E-state index contributed by atoms with van der Waals surface area (Å²) in [5.41, 5.74) is 0.783. The Morgan fingerprint density at radius 2 is 1.86 bits per heavy atom. The number of amides is 1. The second kappa shape index (κ2) is 7.60. The number of nitrogens with zero attached hydrogens (tertiary/aromatic N) is 3. The van der Waals surface area contributed by atoms with Crippen LogP contribution in [0.1, 0.15) is 32.6 Å². The molecule has 1 aromatic heterocycles. The first kappa shape index (κ1) is 20.2.